The van der Waals surface area contributed by atoms with Crippen LogP contribution in [0.3, 0.4) is 0 Å². The first kappa shape index (κ1) is 21.8. The maximum Gasteiger partial charge on any atom is 0.229 e. The van der Waals surface area contributed by atoms with Gasteiger partial charge in [-0.3, -0.25) is 9.59 Å². The van der Waals surface area contributed by atoms with E-state index in [0.29, 0.717) is 17.9 Å². The average Bonchev–Trinajstić information content (AvgIpc) is 3.05. The third kappa shape index (κ3) is 5.04. The van der Waals surface area contributed by atoms with Crippen LogP contribution in [0.15, 0.2) is 42.5 Å². The number of rotatable bonds is 6. The summed E-state index contributed by atoms with van der Waals surface area (Å²) in [7, 11) is 0. The van der Waals surface area contributed by atoms with Crippen molar-refractivity contribution < 1.29 is 9.59 Å². The van der Waals surface area contributed by atoms with Crippen molar-refractivity contribution in [3.05, 3.63) is 53.6 Å². The summed E-state index contributed by atoms with van der Waals surface area (Å²) in [4.78, 5) is 26.8. The number of benzene rings is 2. The number of hydrogen-bond acceptors (Lipinski definition) is 3. The summed E-state index contributed by atoms with van der Waals surface area (Å²) < 4.78 is 0. The molecule has 0 aliphatic carbocycles. The Morgan fingerprint density at radius 3 is 2.61 bits per heavy atom. The second kappa shape index (κ2) is 9.60. The predicted octanol–water partition coefficient (Wildman–Crippen LogP) is 4.33. The van der Waals surface area contributed by atoms with Crippen LogP contribution in [-0.4, -0.2) is 18.4 Å². The minimum absolute atomic E-state index is 0. The van der Waals surface area contributed by atoms with Crippen molar-refractivity contribution in [1.82, 2.24) is 0 Å². The fraction of sp³-hybridized carbons (Fsp3) is 0.364. The van der Waals surface area contributed by atoms with Crippen LogP contribution in [0.5, 0.6) is 0 Å². The molecule has 0 aromatic heterocycles. The molecule has 6 heteroatoms. The monoisotopic (exact) mass is 401 g/mol. The molecular weight excluding hydrogens is 374 g/mol. The molecule has 3 rings (SSSR count). The number of nitrogen functional groups attached to an aromatic ring is 1. The number of carbonyl (C=O) groups excluding carboxylic acids is 2. The molecule has 1 saturated heterocycles. The number of nitrogens with one attached hydrogen (secondary N) is 1. The number of aryl methyl sites for hydroxylation is 2. The van der Waals surface area contributed by atoms with E-state index in [9.17, 15) is 9.59 Å². The summed E-state index contributed by atoms with van der Waals surface area (Å²) in [6.07, 6.45) is 3.60. The summed E-state index contributed by atoms with van der Waals surface area (Å²) in [5, 5.41) is 2.92. The molecule has 2 aromatic carbocycles. The molecule has 0 radical (unpaired) electrons. The van der Waals surface area contributed by atoms with Crippen LogP contribution in [0.2, 0.25) is 0 Å². The van der Waals surface area contributed by atoms with E-state index < -0.39 is 0 Å². The van der Waals surface area contributed by atoms with Gasteiger partial charge in [0.25, 0.3) is 0 Å². The van der Waals surface area contributed by atoms with E-state index in [2.05, 4.69) is 24.4 Å². The van der Waals surface area contributed by atoms with Crippen LogP contribution >= 0.6 is 12.4 Å². The number of nitrogens with two attached hydrogens (primary N) is 1. The summed E-state index contributed by atoms with van der Waals surface area (Å²) >= 11 is 0. The summed E-state index contributed by atoms with van der Waals surface area (Å²) in [5.74, 6) is -0.516. The van der Waals surface area contributed by atoms with E-state index >= 15 is 0 Å². The first-order chi connectivity index (χ1) is 13.0. The highest BCUT2D eigenvalue weighted by Gasteiger charge is 2.35. The quantitative estimate of drug-likeness (QED) is 0.707. The standard InChI is InChI=1S/C22H27N3O2.ClH/c1-3-4-5-16-7-10-19(11-8-16)25-14-17(12-21(25)26)22(27)24-20-13-18(23)9-6-15(20)2;/h6-11,13,17H,3-5,12,14,23H2,1-2H3,(H,24,27);1H. The lowest BCUT2D eigenvalue weighted by molar-refractivity contribution is -0.122. The fourth-order valence-corrected chi connectivity index (χ4v) is 3.37. The maximum absolute atomic E-state index is 12.6. The van der Waals surface area contributed by atoms with Gasteiger partial charge in [-0.25, -0.2) is 0 Å². The molecule has 1 atom stereocenters. The van der Waals surface area contributed by atoms with Gasteiger partial charge in [-0.15, -0.1) is 12.4 Å². The summed E-state index contributed by atoms with van der Waals surface area (Å²) in [5.41, 5.74) is 10.2. The maximum atomic E-state index is 12.6. The predicted molar refractivity (Wildman–Crippen MR) is 117 cm³/mol. The van der Waals surface area contributed by atoms with Crippen LogP contribution in [0.1, 0.15) is 37.3 Å². The lowest BCUT2D eigenvalue weighted by Gasteiger charge is -2.17. The highest BCUT2D eigenvalue weighted by molar-refractivity contribution is 6.03. The Balaban J connectivity index is 0.00000280. The van der Waals surface area contributed by atoms with E-state index in [4.69, 9.17) is 5.73 Å². The number of hydrogen-bond donors (Lipinski definition) is 2. The van der Waals surface area contributed by atoms with Gasteiger partial charge in [0.1, 0.15) is 0 Å². The van der Waals surface area contributed by atoms with Gasteiger partial charge in [-0.2, -0.15) is 0 Å². The van der Waals surface area contributed by atoms with Crippen LogP contribution in [0.4, 0.5) is 17.1 Å². The fourth-order valence-electron chi connectivity index (χ4n) is 3.37. The zero-order chi connectivity index (χ0) is 19.4. The minimum Gasteiger partial charge on any atom is -0.399 e. The largest absolute Gasteiger partial charge is 0.399 e. The first-order valence-electron chi connectivity index (χ1n) is 9.54. The van der Waals surface area contributed by atoms with E-state index in [1.54, 1.807) is 17.0 Å². The van der Waals surface area contributed by atoms with Gasteiger partial charge >= 0.3 is 0 Å². The van der Waals surface area contributed by atoms with E-state index in [0.717, 1.165) is 30.5 Å². The lowest BCUT2D eigenvalue weighted by Crippen LogP contribution is -2.28. The molecule has 0 bridgehead atoms. The molecule has 1 fully saturated rings. The van der Waals surface area contributed by atoms with Gasteiger partial charge in [0, 0.05) is 30.0 Å². The molecule has 150 valence electrons. The van der Waals surface area contributed by atoms with Crippen LogP contribution in [0, 0.1) is 12.8 Å². The molecule has 5 nitrogen and oxygen atoms in total. The number of halogens is 1. The third-order valence-corrected chi connectivity index (χ3v) is 5.08. The van der Waals surface area contributed by atoms with Crippen molar-refractivity contribution in [2.75, 3.05) is 22.5 Å². The Morgan fingerprint density at radius 2 is 1.93 bits per heavy atom. The Labute approximate surface area is 172 Å². The molecule has 0 saturated carbocycles. The zero-order valence-electron chi connectivity index (χ0n) is 16.4. The molecule has 2 aromatic rings. The average molecular weight is 402 g/mol. The van der Waals surface area contributed by atoms with Gasteiger partial charge in [0.15, 0.2) is 0 Å². The normalized spacial score (nSPS) is 16.0. The summed E-state index contributed by atoms with van der Waals surface area (Å²) in [6.45, 7) is 4.50. The number of nitrogens with zero attached hydrogens (tertiary/aromatic N) is 1. The molecule has 1 heterocycles. The molecular formula is C22H28ClN3O2. The number of carbonyl (C=O) groups is 2. The zero-order valence-corrected chi connectivity index (χ0v) is 17.2. The van der Waals surface area contributed by atoms with Gasteiger partial charge in [-0.05, 0) is 55.2 Å². The number of amides is 2. The minimum atomic E-state index is -0.363. The Kier molecular flexibility index (Phi) is 7.46. The second-order valence-electron chi connectivity index (χ2n) is 7.24. The van der Waals surface area contributed by atoms with Gasteiger partial charge in [-0.1, -0.05) is 31.5 Å². The Morgan fingerprint density at radius 1 is 1.21 bits per heavy atom. The molecule has 2 amide bonds. The Hall–Kier alpha value is -2.53. The SMILES string of the molecule is CCCCc1ccc(N2CC(C(=O)Nc3cc(N)ccc3C)CC2=O)cc1.Cl. The van der Waals surface area contributed by atoms with E-state index in [1.165, 1.54) is 5.56 Å². The van der Waals surface area contributed by atoms with Crippen molar-refractivity contribution in [3.63, 3.8) is 0 Å². The van der Waals surface area contributed by atoms with Crippen LogP contribution in [-0.2, 0) is 16.0 Å². The van der Waals surface area contributed by atoms with Crippen molar-refractivity contribution in [2.45, 2.75) is 39.5 Å². The molecule has 1 aliphatic heterocycles. The lowest BCUT2D eigenvalue weighted by atomic mass is 10.1. The smallest absolute Gasteiger partial charge is 0.229 e. The highest BCUT2D eigenvalue weighted by Crippen LogP contribution is 2.27. The molecule has 0 spiro atoms. The first-order valence-corrected chi connectivity index (χ1v) is 9.54. The van der Waals surface area contributed by atoms with Gasteiger partial charge in [0.05, 0.1) is 5.92 Å². The van der Waals surface area contributed by atoms with Crippen molar-refractivity contribution >= 4 is 41.3 Å². The Bertz CT molecular complexity index is 836. The third-order valence-electron chi connectivity index (χ3n) is 5.08. The topological polar surface area (TPSA) is 75.4 Å². The number of anilines is 3. The molecule has 1 aliphatic rings. The van der Waals surface area contributed by atoms with E-state index in [-0.39, 0.29) is 36.6 Å². The summed E-state index contributed by atoms with van der Waals surface area (Å²) in [6, 6.07) is 13.5. The van der Waals surface area contributed by atoms with Crippen LogP contribution in [0.25, 0.3) is 0 Å². The molecule has 1 unspecified atom stereocenters. The van der Waals surface area contributed by atoms with Gasteiger partial charge < -0.3 is 16.0 Å². The van der Waals surface area contributed by atoms with Crippen molar-refractivity contribution in [2.24, 2.45) is 5.92 Å². The molecule has 28 heavy (non-hydrogen) atoms. The molecule has 3 N–H and O–H groups in total. The second-order valence-corrected chi connectivity index (χ2v) is 7.24. The van der Waals surface area contributed by atoms with Gasteiger partial charge in [0.2, 0.25) is 11.8 Å². The van der Waals surface area contributed by atoms with E-state index in [1.807, 2.05) is 25.1 Å². The van der Waals surface area contributed by atoms with Crippen molar-refractivity contribution in [1.29, 1.82) is 0 Å². The number of unbranched alkanes of at least 4 members (excludes halogenated alkanes) is 1. The van der Waals surface area contributed by atoms with Crippen molar-refractivity contribution in [3.8, 4) is 0 Å². The highest BCUT2D eigenvalue weighted by atomic mass is 35.5. The van der Waals surface area contributed by atoms with Crippen LogP contribution < -0.4 is 16.0 Å².